The molecule has 3 aromatic heterocycles. The Labute approximate surface area is 318 Å². The number of hydrogen-bond acceptors (Lipinski definition) is 2. The number of fused-ring (bicyclic) bond motifs is 7. The Balaban J connectivity index is 1.02. The van der Waals surface area contributed by atoms with Gasteiger partial charge in [-0.3, -0.25) is 0 Å². The zero-order valence-electron chi connectivity index (χ0n) is 30.2. The summed E-state index contributed by atoms with van der Waals surface area (Å²) in [6, 6.07) is 67.3. The van der Waals surface area contributed by atoms with Crippen molar-refractivity contribution in [2.75, 3.05) is 0 Å². The van der Waals surface area contributed by atoms with Crippen molar-refractivity contribution in [3.63, 3.8) is 0 Å². The normalized spacial score (nSPS) is 11.7. The van der Waals surface area contributed by atoms with E-state index in [0.29, 0.717) is 5.82 Å². The molecule has 11 rings (SSSR count). The monoisotopic (exact) mass is 702 g/mol. The van der Waals surface area contributed by atoms with Crippen LogP contribution in [0, 0.1) is 6.92 Å². The third-order valence-corrected chi connectivity index (χ3v) is 11.0. The Morgan fingerprint density at radius 2 is 0.873 bits per heavy atom. The van der Waals surface area contributed by atoms with Crippen molar-refractivity contribution < 1.29 is 0 Å². The van der Waals surface area contributed by atoms with Gasteiger partial charge in [0.15, 0.2) is 5.82 Å². The zero-order chi connectivity index (χ0) is 36.5. The Kier molecular flexibility index (Phi) is 7.04. The van der Waals surface area contributed by atoms with Gasteiger partial charge in [-0.2, -0.15) is 0 Å². The van der Waals surface area contributed by atoms with Crippen LogP contribution in [0.5, 0.6) is 0 Å². The molecule has 0 amide bonds. The molecule has 0 aliphatic heterocycles. The van der Waals surface area contributed by atoms with Gasteiger partial charge in [0.25, 0.3) is 0 Å². The summed E-state index contributed by atoms with van der Waals surface area (Å²) < 4.78 is 4.76. The lowest BCUT2D eigenvalue weighted by molar-refractivity contribution is 1.17. The van der Waals surface area contributed by atoms with Gasteiger partial charge < -0.3 is 9.13 Å². The highest BCUT2D eigenvalue weighted by Crippen LogP contribution is 2.38. The molecule has 0 fully saturated rings. The topological polar surface area (TPSA) is 35.6 Å². The van der Waals surface area contributed by atoms with Crippen LogP contribution in [0.2, 0.25) is 0 Å². The largest absolute Gasteiger partial charge is 0.309 e. The molecule has 0 unspecified atom stereocenters. The number of hydrogen-bond donors (Lipinski definition) is 0. The molecule has 11 aromatic rings. The Morgan fingerprint density at radius 1 is 0.345 bits per heavy atom. The second kappa shape index (κ2) is 12.4. The van der Waals surface area contributed by atoms with E-state index in [1.807, 2.05) is 18.2 Å². The van der Waals surface area contributed by atoms with E-state index in [4.69, 9.17) is 9.97 Å². The van der Waals surface area contributed by atoms with Gasteiger partial charge in [0.05, 0.1) is 33.3 Å². The number of benzene rings is 8. The maximum atomic E-state index is 5.11. The molecule has 0 aliphatic carbocycles. The first kappa shape index (κ1) is 31.2. The minimum absolute atomic E-state index is 0.717. The first-order valence-corrected chi connectivity index (χ1v) is 18.7. The third-order valence-electron chi connectivity index (χ3n) is 11.0. The predicted octanol–water partition coefficient (Wildman–Crippen LogP) is 13.1. The highest BCUT2D eigenvalue weighted by atomic mass is 15.0. The molecule has 0 bridgehead atoms. The van der Waals surface area contributed by atoms with Crippen molar-refractivity contribution in [2.24, 2.45) is 0 Å². The lowest BCUT2D eigenvalue weighted by atomic mass is 10.0. The Hall–Kier alpha value is -7.30. The molecular formula is C51H34N4. The Morgan fingerprint density at radius 3 is 1.62 bits per heavy atom. The summed E-state index contributed by atoms with van der Waals surface area (Å²) >= 11 is 0. The average molecular weight is 703 g/mol. The van der Waals surface area contributed by atoms with Crippen LogP contribution in [0.15, 0.2) is 188 Å². The molecule has 0 saturated carbocycles. The molecule has 0 saturated heterocycles. The van der Waals surface area contributed by atoms with Crippen molar-refractivity contribution in [3.8, 4) is 45.1 Å². The van der Waals surface area contributed by atoms with Crippen molar-refractivity contribution in [1.29, 1.82) is 0 Å². The molecule has 4 nitrogen and oxygen atoms in total. The van der Waals surface area contributed by atoms with Gasteiger partial charge in [0.2, 0.25) is 0 Å². The molecule has 0 aliphatic rings. The maximum Gasteiger partial charge on any atom is 0.160 e. The van der Waals surface area contributed by atoms with E-state index >= 15 is 0 Å². The van der Waals surface area contributed by atoms with Gasteiger partial charge >= 0.3 is 0 Å². The quantitative estimate of drug-likeness (QED) is 0.179. The molecular weight excluding hydrogens is 669 g/mol. The predicted molar refractivity (Wildman–Crippen MR) is 229 cm³/mol. The molecule has 3 heterocycles. The van der Waals surface area contributed by atoms with Gasteiger partial charge in [-0.05, 0) is 90.8 Å². The minimum Gasteiger partial charge on any atom is -0.309 e. The molecule has 55 heavy (non-hydrogen) atoms. The van der Waals surface area contributed by atoms with E-state index in [0.717, 1.165) is 33.4 Å². The SMILES string of the molecule is Cc1ccc(-n2c3ccccc3c3ccc(-c4ccc5c(c4)c4ccccc4n5-c4ccc(-c5nc(-c6ccccc6)c6ccccc6n5)cc4)cc32)cc1. The number of rotatable bonds is 5. The van der Waals surface area contributed by atoms with Crippen molar-refractivity contribution in [2.45, 2.75) is 6.92 Å². The first-order valence-electron chi connectivity index (χ1n) is 18.7. The van der Waals surface area contributed by atoms with E-state index in [9.17, 15) is 0 Å². The molecule has 0 radical (unpaired) electrons. The molecule has 8 aromatic carbocycles. The fourth-order valence-electron chi connectivity index (χ4n) is 8.33. The summed E-state index contributed by atoms with van der Waals surface area (Å²) in [7, 11) is 0. The average Bonchev–Trinajstić information content (AvgIpc) is 3.76. The van der Waals surface area contributed by atoms with Crippen LogP contribution in [0.1, 0.15) is 5.56 Å². The number of nitrogens with zero attached hydrogens (tertiary/aromatic N) is 4. The number of aryl methyl sites for hydroxylation is 1. The summed E-state index contributed by atoms with van der Waals surface area (Å²) in [5, 5.41) is 6.02. The van der Waals surface area contributed by atoms with Crippen molar-refractivity contribution in [3.05, 3.63) is 194 Å². The van der Waals surface area contributed by atoms with Gasteiger partial charge in [0.1, 0.15) is 0 Å². The van der Waals surface area contributed by atoms with Crippen molar-refractivity contribution in [1.82, 2.24) is 19.1 Å². The summed E-state index contributed by atoms with van der Waals surface area (Å²) in [6.45, 7) is 2.14. The fraction of sp³-hybridized carbons (Fsp3) is 0.0196. The number of aromatic nitrogens is 4. The van der Waals surface area contributed by atoms with Crippen LogP contribution < -0.4 is 0 Å². The lowest BCUT2D eigenvalue weighted by Crippen LogP contribution is -1.97. The second-order valence-corrected chi connectivity index (χ2v) is 14.3. The fourth-order valence-corrected chi connectivity index (χ4v) is 8.33. The van der Waals surface area contributed by atoms with Gasteiger partial charge in [-0.15, -0.1) is 0 Å². The first-order chi connectivity index (χ1) is 27.2. The second-order valence-electron chi connectivity index (χ2n) is 14.3. The minimum atomic E-state index is 0.717. The summed E-state index contributed by atoms with van der Waals surface area (Å²) in [5.41, 5.74) is 14.6. The van der Waals surface area contributed by atoms with Gasteiger partial charge in [0, 0.05) is 49.4 Å². The lowest BCUT2D eigenvalue weighted by Gasteiger charge is -2.11. The van der Waals surface area contributed by atoms with Crippen molar-refractivity contribution >= 4 is 54.5 Å². The summed E-state index contributed by atoms with van der Waals surface area (Å²) in [5.74, 6) is 0.717. The Bertz CT molecular complexity index is 3240. The van der Waals surface area contributed by atoms with Crippen LogP contribution in [0.25, 0.3) is 99.7 Å². The molecule has 0 spiro atoms. The smallest absolute Gasteiger partial charge is 0.160 e. The summed E-state index contributed by atoms with van der Waals surface area (Å²) in [6.07, 6.45) is 0. The number of para-hydroxylation sites is 3. The van der Waals surface area contributed by atoms with Gasteiger partial charge in [-0.1, -0.05) is 121 Å². The third kappa shape index (κ3) is 5.07. The highest BCUT2D eigenvalue weighted by molar-refractivity contribution is 6.12. The standard InChI is InChI=1S/C51H34N4/c1-33-19-25-38(26-20-33)55-46-17-9-6-13-40(46)42-29-23-37(32-49(42)55)36-24-30-48-44(31-36)41-14-7-10-18-47(41)54(48)39-27-21-35(22-28-39)51-52-45-16-8-5-15-43(45)50(53-51)34-11-3-2-4-12-34/h2-32H,1H3. The van der Waals surface area contributed by atoms with E-state index < -0.39 is 0 Å². The van der Waals surface area contributed by atoms with E-state index in [-0.39, 0.29) is 0 Å². The van der Waals surface area contributed by atoms with Gasteiger partial charge in [-0.25, -0.2) is 9.97 Å². The zero-order valence-corrected chi connectivity index (χ0v) is 30.2. The van der Waals surface area contributed by atoms with Crippen LogP contribution in [-0.2, 0) is 0 Å². The van der Waals surface area contributed by atoms with Crippen LogP contribution in [0.3, 0.4) is 0 Å². The van der Waals surface area contributed by atoms with Crippen LogP contribution in [0.4, 0.5) is 0 Å². The summed E-state index contributed by atoms with van der Waals surface area (Å²) in [4.78, 5) is 10.1. The van der Waals surface area contributed by atoms with Crippen LogP contribution >= 0.6 is 0 Å². The molecule has 0 N–H and O–H groups in total. The highest BCUT2D eigenvalue weighted by Gasteiger charge is 2.17. The van der Waals surface area contributed by atoms with E-state index in [1.54, 1.807) is 0 Å². The molecule has 258 valence electrons. The molecule has 4 heteroatoms. The van der Waals surface area contributed by atoms with Crippen LogP contribution in [-0.4, -0.2) is 19.1 Å². The molecule has 0 atom stereocenters. The van der Waals surface area contributed by atoms with E-state index in [1.165, 1.54) is 66.0 Å². The maximum absolute atomic E-state index is 5.11. The van der Waals surface area contributed by atoms with E-state index in [2.05, 4.69) is 186 Å².